The average Bonchev–Trinajstić information content (AvgIpc) is 2.47. The number of methoxy groups -OCH3 is 1. The Morgan fingerprint density at radius 1 is 1.25 bits per heavy atom. The average molecular weight is 336 g/mol. The number of rotatable bonds is 4. The van der Waals surface area contributed by atoms with Gasteiger partial charge in [-0.05, 0) is 36.4 Å². The molecule has 0 heterocycles. The van der Waals surface area contributed by atoms with Gasteiger partial charge in [0, 0.05) is 21.8 Å². The molecule has 2 rings (SSSR count). The summed E-state index contributed by atoms with van der Waals surface area (Å²) in [5.41, 5.74) is 1.95. The van der Waals surface area contributed by atoms with E-state index in [4.69, 9.17) is 4.74 Å². The van der Waals surface area contributed by atoms with Gasteiger partial charge in [0.25, 0.3) is 0 Å². The molecule has 5 heteroatoms. The standard InChI is InChI=1S/C15H14BrNO3/c1-20-15-5-3-13(7-11(15)9-18)17-8-10-6-12(16)2-4-14(10)19/h2-8,18-19H,9H2,1H3. The van der Waals surface area contributed by atoms with E-state index in [2.05, 4.69) is 20.9 Å². The largest absolute Gasteiger partial charge is 0.507 e. The van der Waals surface area contributed by atoms with Crippen molar-refractivity contribution >= 4 is 27.8 Å². The van der Waals surface area contributed by atoms with Crippen LogP contribution in [-0.2, 0) is 6.61 Å². The van der Waals surface area contributed by atoms with Gasteiger partial charge in [0.2, 0.25) is 0 Å². The first-order chi connectivity index (χ1) is 9.63. The first-order valence-electron chi connectivity index (χ1n) is 5.94. The predicted molar refractivity (Wildman–Crippen MR) is 82.0 cm³/mol. The smallest absolute Gasteiger partial charge is 0.124 e. The number of aliphatic hydroxyl groups excluding tert-OH is 1. The Morgan fingerprint density at radius 3 is 2.75 bits per heavy atom. The number of aliphatic hydroxyl groups is 1. The van der Waals surface area contributed by atoms with Gasteiger partial charge < -0.3 is 14.9 Å². The van der Waals surface area contributed by atoms with Crippen molar-refractivity contribution in [2.24, 2.45) is 4.99 Å². The number of nitrogens with zero attached hydrogens (tertiary/aromatic N) is 1. The van der Waals surface area contributed by atoms with Crippen LogP contribution in [0.5, 0.6) is 11.5 Å². The molecule has 0 fully saturated rings. The van der Waals surface area contributed by atoms with Crippen LogP contribution in [0.4, 0.5) is 5.69 Å². The van der Waals surface area contributed by atoms with Crippen LogP contribution in [0.2, 0.25) is 0 Å². The molecule has 4 nitrogen and oxygen atoms in total. The number of hydrogen-bond acceptors (Lipinski definition) is 4. The maximum absolute atomic E-state index is 9.72. The Morgan fingerprint density at radius 2 is 2.05 bits per heavy atom. The van der Waals surface area contributed by atoms with E-state index in [1.807, 2.05) is 0 Å². The summed E-state index contributed by atoms with van der Waals surface area (Å²) >= 11 is 3.34. The van der Waals surface area contributed by atoms with E-state index in [-0.39, 0.29) is 12.4 Å². The van der Waals surface area contributed by atoms with Crippen molar-refractivity contribution < 1.29 is 14.9 Å². The second-order valence-electron chi connectivity index (χ2n) is 4.12. The quantitative estimate of drug-likeness (QED) is 0.841. The van der Waals surface area contributed by atoms with Crippen molar-refractivity contribution in [1.82, 2.24) is 0 Å². The van der Waals surface area contributed by atoms with Gasteiger partial charge in [0.15, 0.2) is 0 Å². The van der Waals surface area contributed by atoms with Gasteiger partial charge in [0.05, 0.1) is 19.4 Å². The van der Waals surface area contributed by atoms with Crippen LogP contribution < -0.4 is 4.74 Å². The number of hydrogen-bond donors (Lipinski definition) is 2. The summed E-state index contributed by atoms with van der Waals surface area (Å²) in [6, 6.07) is 10.4. The number of benzene rings is 2. The molecule has 0 aliphatic carbocycles. The zero-order valence-corrected chi connectivity index (χ0v) is 12.5. The van der Waals surface area contributed by atoms with Gasteiger partial charge in [-0.3, -0.25) is 4.99 Å². The lowest BCUT2D eigenvalue weighted by molar-refractivity contribution is 0.274. The Kier molecular flexibility index (Phi) is 4.76. The first-order valence-corrected chi connectivity index (χ1v) is 6.73. The molecular formula is C15H14BrNO3. The highest BCUT2D eigenvalue weighted by molar-refractivity contribution is 9.10. The number of phenols is 1. The molecule has 0 amide bonds. The summed E-state index contributed by atoms with van der Waals surface area (Å²) in [4.78, 5) is 4.29. The van der Waals surface area contributed by atoms with E-state index in [0.717, 1.165) is 4.47 Å². The maximum atomic E-state index is 9.72. The third-order valence-electron chi connectivity index (χ3n) is 2.78. The van der Waals surface area contributed by atoms with Gasteiger partial charge in [-0.2, -0.15) is 0 Å². The SMILES string of the molecule is COc1ccc(N=Cc2cc(Br)ccc2O)cc1CO. The van der Waals surface area contributed by atoms with Gasteiger partial charge in [0.1, 0.15) is 11.5 Å². The molecule has 0 unspecified atom stereocenters. The second kappa shape index (κ2) is 6.54. The number of ether oxygens (including phenoxy) is 1. The third kappa shape index (κ3) is 3.37. The molecule has 0 aromatic heterocycles. The fraction of sp³-hybridized carbons (Fsp3) is 0.133. The summed E-state index contributed by atoms with van der Waals surface area (Å²) in [6.07, 6.45) is 1.57. The molecule has 0 saturated carbocycles. The van der Waals surface area contributed by atoms with Crippen molar-refractivity contribution in [3.63, 3.8) is 0 Å². The minimum absolute atomic E-state index is 0.116. The Balaban J connectivity index is 2.29. The summed E-state index contributed by atoms with van der Waals surface area (Å²) in [5.74, 6) is 0.782. The zero-order valence-electron chi connectivity index (χ0n) is 10.9. The lowest BCUT2D eigenvalue weighted by Crippen LogP contribution is -1.91. The first kappa shape index (κ1) is 14.6. The third-order valence-corrected chi connectivity index (χ3v) is 3.27. The summed E-state index contributed by atoms with van der Waals surface area (Å²) in [5, 5.41) is 19.0. The van der Waals surface area contributed by atoms with Gasteiger partial charge in [-0.25, -0.2) is 0 Å². The molecule has 0 spiro atoms. The monoisotopic (exact) mass is 335 g/mol. The van der Waals surface area contributed by atoms with Crippen LogP contribution >= 0.6 is 15.9 Å². The minimum atomic E-state index is -0.116. The number of halogens is 1. The lowest BCUT2D eigenvalue weighted by atomic mass is 10.2. The fourth-order valence-corrected chi connectivity index (χ4v) is 2.12. The molecule has 20 heavy (non-hydrogen) atoms. The van der Waals surface area contributed by atoms with E-state index in [9.17, 15) is 10.2 Å². The molecule has 104 valence electrons. The van der Waals surface area contributed by atoms with Crippen molar-refractivity contribution in [2.45, 2.75) is 6.61 Å². The van der Waals surface area contributed by atoms with Crippen LogP contribution in [-0.4, -0.2) is 23.5 Å². The second-order valence-corrected chi connectivity index (χ2v) is 5.03. The summed E-state index contributed by atoms with van der Waals surface area (Å²) in [6.45, 7) is -0.116. The molecule has 0 bridgehead atoms. The summed E-state index contributed by atoms with van der Waals surface area (Å²) in [7, 11) is 1.55. The minimum Gasteiger partial charge on any atom is -0.507 e. The van der Waals surface area contributed by atoms with E-state index in [1.165, 1.54) is 0 Å². The van der Waals surface area contributed by atoms with Crippen LogP contribution in [0.3, 0.4) is 0 Å². The van der Waals surface area contributed by atoms with Crippen molar-refractivity contribution in [1.29, 1.82) is 0 Å². The molecule has 0 saturated heterocycles. The molecule has 0 atom stereocenters. The molecule has 0 aliphatic heterocycles. The van der Waals surface area contributed by atoms with Crippen LogP contribution in [0, 0.1) is 0 Å². The van der Waals surface area contributed by atoms with Gasteiger partial charge >= 0.3 is 0 Å². The Bertz CT molecular complexity index is 641. The molecule has 2 N–H and O–H groups in total. The molecular weight excluding hydrogens is 322 g/mol. The van der Waals surface area contributed by atoms with Crippen LogP contribution in [0.15, 0.2) is 45.9 Å². The molecule has 2 aromatic rings. The molecule has 2 aromatic carbocycles. The van der Waals surface area contributed by atoms with Crippen LogP contribution in [0.25, 0.3) is 0 Å². The highest BCUT2D eigenvalue weighted by Gasteiger charge is 2.03. The van der Waals surface area contributed by atoms with E-state index < -0.39 is 0 Å². The van der Waals surface area contributed by atoms with E-state index >= 15 is 0 Å². The summed E-state index contributed by atoms with van der Waals surface area (Å²) < 4.78 is 5.99. The fourth-order valence-electron chi connectivity index (χ4n) is 1.74. The van der Waals surface area contributed by atoms with E-state index in [1.54, 1.807) is 49.7 Å². The topological polar surface area (TPSA) is 62.0 Å². The number of aromatic hydroxyl groups is 1. The normalized spacial score (nSPS) is 10.9. The predicted octanol–water partition coefficient (Wildman–Crippen LogP) is 3.41. The van der Waals surface area contributed by atoms with Gasteiger partial charge in [-0.15, -0.1) is 0 Å². The lowest BCUT2D eigenvalue weighted by Gasteiger charge is -2.06. The van der Waals surface area contributed by atoms with E-state index in [0.29, 0.717) is 22.6 Å². The van der Waals surface area contributed by atoms with Gasteiger partial charge in [-0.1, -0.05) is 15.9 Å². The zero-order chi connectivity index (χ0) is 14.5. The van der Waals surface area contributed by atoms with Crippen LogP contribution in [0.1, 0.15) is 11.1 Å². The number of phenolic OH excluding ortho intramolecular Hbond substituents is 1. The van der Waals surface area contributed by atoms with Crippen molar-refractivity contribution in [2.75, 3.05) is 7.11 Å². The number of aliphatic imine (C=N–C) groups is 1. The highest BCUT2D eigenvalue weighted by Crippen LogP contribution is 2.25. The maximum Gasteiger partial charge on any atom is 0.124 e. The van der Waals surface area contributed by atoms with Crippen molar-refractivity contribution in [3.8, 4) is 11.5 Å². The Labute approximate surface area is 125 Å². The Hall–Kier alpha value is -1.85. The highest BCUT2D eigenvalue weighted by atomic mass is 79.9. The molecule has 0 aliphatic rings. The van der Waals surface area contributed by atoms with Crippen molar-refractivity contribution in [3.05, 3.63) is 52.0 Å². The molecule has 0 radical (unpaired) electrons.